The average molecular weight is 461 g/mol. The van der Waals surface area contributed by atoms with E-state index in [1.165, 1.54) is 16.7 Å². The van der Waals surface area contributed by atoms with E-state index in [4.69, 9.17) is 0 Å². The Morgan fingerprint density at radius 1 is 0.879 bits per heavy atom. The van der Waals surface area contributed by atoms with E-state index < -0.39 is 17.6 Å². The van der Waals surface area contributed by atoms with Gasteiger partial charge in [0.1, 0.15) is 6.04 Å². The summed E-state index contributed by atoms with van der Waals surface area (Å²) < 4.78 is 0. The standard InChI is InChI=1S/C27H28N2O3S/c30-25(31)24-17-10-19-29(24)26(32)33-20-18-28-27(21-11-4-1-5-12-21,22-13-6-2-7-14-22)23-15-8-3-9-16-23/h1-9,11-16,24,28H,10,17-20H2,(H,30,31)/t24-/m0/s1. The van der Waals surface area contributed by atoms with E-state index in [0.29, 0.717) is 25.3 Å². The van der Waals surface area contributed by atoms with Gasteiger partial charge in [-0.15, -0.1) is 0 Å². The van der Waals surface area contributed by atoms with Crippen LogP contribution in [0.3, 0.4) is 0 Å². The van der Waals surface area contributed by atoms with E-state index in [2.05, 4.69) is 41.7 Å². The minimum atomic E-state index is -0.921. The summed E-state index contributed by atoms with van der Waals surface area (Å²) in [5, 5.41) is 13.0. The first kappa shape index (κ1) is 23.1. The maximum atomic E-state index is 12.7. The third-order valence-corrected chi connectivity index (χ3v) is 7.00. The Kier molecular flexibility index (Phi) is 7.47. The molecule has 1 aliphatic rings. The number of thioether (sulfide) groups is 1. The Labute approximate surface area is 198 Å². The lowest BCUT2D eigenvalue weighted by atomic mass is 9.77. The number of carbonyl (C=O) groups excluding carboxylic acids is 1. The molecule has 0 unspecified atom stereocenters. The maximum Gasteiger partial charge on any atom is 0.326 e. The molecular weight excluding hydrogens is 432 g/mol. The van der Waals surface area contributed by atoms with Crippen molar-refractivity contribution < 1.29 is 14.7 Å². The number of hydrogen-bond acceptors (Lipinski definition) is 4. The van der Waals surface area contributed by atoms with Crippen LogP contribution in [0.1, 0.15) is 29.5 Å². The molecule has 1 saturated heterocycles. The molecule has 0 aliphatic carbocycles. The van der Waals surface area contributed by atoms with E-state index in [1.54, 1.807) is 0 Å². The van der Waals surface area contributed by atoms with Crippen LogP contribution in [-0.4, -0.2) is 46.1 Å². The molecule has 4 rings (SSSR count). The second-order valence-electron chi connectivity index (χ2n) is 8.08. The molecule has 1 aliphatic heterocycles. The molecule has 1 atom stereocenters. The van der Waals surface area contributed by atoms with E-state index in [0.717, 1.165) is 23.1 Å². The highest BCUT2D eigenvalue weighted by Gasteiger charge is 2.36. The van der Waals surface area contributed by atoms with Gasteiger partial charge in [-0.2, -0.15) is 0 Å². The third kappa shape index (κ3) is 4.97. The number of nitrogens with one attached hydrogen (secondary N) is 1. The van der Waals surface area contributed by atoms with Gasteiger partial charge in [-0.25, -0.2) is 4.79 Å². The summed E-state index contributed by atoms with van der Waals surface area (Å²) in [5.41, 5.74) is 2.77. The minimum absolute atomic E-state index is 0.161. The van der Waals surface area contributed by atoms with Crippen molar-refractivity contribution in [3.63, 3.8) is 0 Å². The number of amides is 1. The summed E-state index contributed by atoms with van der Waals surface area (Å²) in [6.07, 6.45) is 1.26. The first-order chi connectivity index (χ1) is 16.1. The van der Waals surface area contributed by atoms with Crippen LogP contribution in [0.25, 0.3) is 0 Å². The van der Waals surface area contributed by atoms with Gasteiger partial charge in [0.25, 0.3) is 5.24 Å². The predicted octanol–water partition coefficient (Wildman–Crippen LogP) is 4.97. The van der Waals surface area contributed by atoms with Crippen LogP contribution in [0.5, 0.6) is 0 Å². The lowest BCUT2D eigenvalue weighted by Gasteiger charge is -2.37. The molecule has 3 aromatic rings. The number of rotatable bonds is 8. The molecule has 2 N–H and O–H groups in total. The number of carboxylic acids is 1. The van der Waals surface area contributed by atoms with Crippen LogP contribution in [0.15, 0.2) is 91.0 Å². The molecule has 5 nitrogen and oxygen atoms in total. The van der Waals surface area contributed by atoms with Gasteiger partial charge >= 0.3 is 5.97 Å². The van der Waals surface area contributed by atoms with Gasteiger partial charge in [-0.1, -0.05) is 103 Å². The molecule has 0 spiro atoms. The molecule has 0 radical (unpaired) electrons. The monoisotopic (exact) mass is 460 g/mol. The van der Waals surface area contributed by atoms with E-state index >= 15 is 0 Å². The van der Waals surface area contributed by atoms with Crippen LogP contribution < -0.4 is 5.32 Å². The second-order valence-corrected chi connectivity index (χ2v) is 9.13. The average Bonchev–Trinajstić information content (AvgIpc) is 3.37. The first-order valence-corrected chi connectivity index (χ1v) is 12.2. The largest absolute Gasteiger partial charge is 0.480 e. The van der Waals surface area contributed by atoms with E-state index in [-0.39, 0.29) is 5.24 Å². The van der Waals surface area contributed by atoms with Crippen LogP contribution >= 0.6 is 11.8 Å². The van der Waals surface area contributed by atoms with Crippen LogP contribution in [-0.2, 0) is 10.3 Å². The molecule has 1 heterocycles. The van der Waals surface area contributed by atoms with E-state index in [1.807, 2.05) is 54.6 Å². The summed E-state index contributed by atoms with van der Waals surface area (Å²) in [6.45, 7) is 1.08. The number of carbonyl (C=O) groups is 2. The molecule has 1 amide bonds. The number of aliphatic carboxylic acids is 1. The molecule has 3 aromatic carbocycles. The van der Waals surface area contributed by atoms with Crippen LogP contribution in [0.2, 0.25) is 0 Å². The fourth-order valence-electron chi connectivity index (χ4n) is 4.57. The molecule has 6 heteroatoms. The molecular formula is C27H28N2O3S. The normalized spacial score (nSPS) is 16.0. The quantitative estimate of drug-likeness (QED) is 0.367. The van der Waals surface area contributed by atoms with Crippen molar-refractivity contribution in [3.05, 3.63) is 108 Å². The highest BCUT2D eigenvalue weighted by molar-refractivity contribution is 8.13. The lowest BCUT2D eigenvalue weighted by molar-refractivity contribution is -0.141. The van der Waals surface area contributed by atoms with Gasteiger partial charge in [0, 0.05) is 18.8 Å². The number of carboxylic acid groups (broad SMARTS) is 1. The van der Waals surface area contributed by atoms with Gasteiger partial charge in [0.15, 0.2) is 0 Å². The van der Waals surface area contributed by atoms with Crippen molar-refractivity contribution in [1.29, 1.82) is 0 Å². The number of nitrogens with zero attached hydrogens (tertiary/aromatic N) is 1. The SMILES string of the molecule is O=C(O)[C@@H]1CCCN1C(=O)SCCNC(c1ccccc1)(c1ccccc1)c1ccccc1. The molecule has 0 bridgehead atoms. The summed E-state index contributed by atoms with van der Waals surface area (Å²) in [7, 11) is 0. The van der Waals surface area contributed by atoms with Crippen molar-refractivity contribution >= 4 is 23.0 Å². The fraction of sp³-hybridized carbons (Fsp3) is 0.259. The van der Waals surface area contributed by atoms with Crippen LogP contribution in [0, 0.1) is 0 Å². The Hall–Kier alpha value is -3.09. The number of hydrogen-bond donors (Lipinski definition) is 2. The number of benzene rings is 3. The second kappa shape index (κ2) is 10.7. The van der Waals surface area contributed by atoms with Crippen molar-refractivity contribution in [2.45, 2.75) is 24.4 Å². The van der Waals surface area contributed by atoms with Crippen molar-refractivity contribution in [3.8, 4) is 0 Å². The summed E-state index contributed by atoms with van der Waals surface area (Å²) in [6, 6.07) is 30.3. The molecule has 0 aromatic heterocycles. The zero-order chi connectivity index (χ0) is 23.1. The van der Waals surface area contributed by atoms with E-state index in [9.17, 15) is 14.7 Å². The Morgan fingerprint density at radius 3 is 1.82 bits per heavy atom. The van der Waals surface area contributed by atoms with Crippen molar-refractivity contribution in [2.75, 3.05) is 18.8 Å². The third-order valence-electron chi connectivity index (χ3n) is 6.11. The predicted molar refractivity (Wildman–Crippen MR) is 132 cm³/mol. The molecule has 33 heavy (non-hydrogen) atoms. The zero-order valence-corrected chi connectivity index (χ0v) is 19.2. The minimum Gasteiger partial charge on any atom is -0.480 e. The molecule has 1 fully saturated rings. The first-order valence-electron chi connectivity index (χ1n) is 11.2. The van der Waals surface area contributed by atoms with Crippen molar-refractivity contribution in [2.24, 2.45) is 0 Å². The maximum absolute atomic E-state index is 12.7. The Balaban J connectivity index is 1.57. The number of likely N-dealkylation sites (tertiary alicyclic amines) is 1. The van der Waals surface area contributed by atoms with Gasteiger partial charge in [-0.3, -0.25) is 10.1 Å². The lowest BCUT2D eigenvalue weighted by Crippen LogP contribution is -2.46. The van der Waals surface area contributed by atoms with Crippen molar-refractivity contribution in [1.82, 2.24) is 10.2 Å². The molecule has 0 saturated carbocycles. The summed E-state index contributed by atoms with van der Waals surface area (Å²) in [5.74, 6) is -0.383. The Morgan fingerprint density at radius 2 is 1.36 bits per heavy atom. The highest BCUT2D eigenvalue weighted by atomic mass is 32.2. The summed E-state index contributed by atoms with van der Waals surface area (Å²) in [4.78, 5) is 25.6. The molecule has 170 valence electrons. The fourth-order valence-corrected chi connectivity index (χ4v) is 5.34. The highest BCUT2D eigenvalue weighted by Crippen LogP contribution is 2.36. The van der Waals surface area contributed by atoms with Gasteiger partial charge in [0.2, 0.25) is 0 Å². The smallest absolute Gasteiger partial charge is 0.326 e. The Bertz CT molecular complexity index is 964. The van der Waals surface area contributed by atoms with Gasteiger partial charge in [-0.05, 0) is 29.5 Å². The van der Waals surface area contributed by atoms with Gasteiger partial charge in [0.05, 0.1) is 5.54 Å². The summed E-state index contributed by atoms with van der Waals surface area (Å²) >= 11 is 1.18. The van der Waals surface area contributed by atoms with Crippen LogP contribution in [0.4, 0.5) is 4.79 Å². The zero-order valence-electron chi connectivity index (χ0n) is 18.4. The topological polar surface area (TPSA) is 69.6 Å². The van der Waals surface area contributed by atoms with Gasteiger partial charge < -0.3 is 10.0 Å².